The average molecular weight is 533 g/mol. The molecular weight excluding hydrogens is 492 g/mol. The molecule has 1 aliphatic carbocycles. The van der Waals surface area contributed by atoms with Crippen molar-refractivity contribution in [3.63, 3.8) is 0 Å². The standard InChI is InChI=1S/C31H40N4O2S/c1-24(31-32-15-20-38-31)33(2)22-27-21-26(25-9-5-3-6-10-25)13-14-29(27)37-23-30(36)35-18-16-34(17-19-35)28-11-7-4-8-12-28/h3,5-6,9-10,13-15,20-21,24,28H,4,7-8,11-12,16-19,22-23H2,1-2H3/t24-/m0/s1. The van der Waals surface area contributed by atoms with Gasteiger partial charge in [0.1, 0.15) is 10.8 Å². The molecule has 1 aliphatic heterocycles. The minimum absolute atomic E-state index is 0.0763. The Hall–Kier alpha value is -2.74. The van der Waals surface area contributed by atoms with Crippen molar-refractivity contribution in [1.29, 1.82) is 0 Å². The molecule has 202 valence electrons. The summed E-state index contributed by atoms with van der Waals surface area (Å²) in [5, 5.41) is 3.11. The Kier molecular flexibility index (Phi) is 9.10. The first-order valence-corrected chi connectivity index (χ1v) is 14.9. The second-order valence-electron chi connectivity index (χ2n) is 10.6. The van der Waals surface area contributed by atoms with Crippen LogP contribution in [0.4, 0.5) is 0 Å². The van der Waals surface area contributed by atoms with Crippen LogP contribution in [0.1, 0.15) is 55.6 Å². The number of carbonyl (C=O) groups is 1. The first-order chi connectivity index (χ1) is 18.6. The normalized spacial score (nSPS) is 18.0. The van der Waals surface area contributed by atoms with Crippen LogP contribution in [0.15, 0.2) is 60.1 Å². The molecule has 2 fully saturated rings. The molecule has 1 amide bonds. The van der Waals surface area contributed by atoms with Crippen LogP contribution in [0.3, 0.4) is 0 Å². The Labute approximate surface area is 231 Å². The second-order valence-corrected chi connectivity index (χ2v) is 11.6. The highest BCUT2D eigenvalue weighted by atomic mass is 32.1. The van der Waals surface area contributed by atoms with Crippen LogP contribution in [-0.2, 0) is 11.3 Å². The molecule has 1 saturated heterocycles. The fourth-order valence-electron chi connectivity index (χ4n) is 5.70. The van der Waals surface area contributed by atoms with Crippen molar-refractivity contribution >= 4 is 17.2 Å². The first kappa shape index (κ1) is 26.9. The van der Waals surface area contributed by atoms with Crippen LogP contribution in [0.5, 0.6) is 5.75 Å². The van der Waals surface area contributed by atoms with Crippen molar-refractivity contribution in [2.24, 2.45) is 0 Å². The van der Waals surface area contributed by atoms with Gasteiger partial charge in [-0.25, -0.2) is 4.98 Å². The minimum atomic E-state index is 0.0763. The van der Waals surface area contributed by atoms with Crippen LogP contribution in [0.2, 0.25) is 0 Å². The molecule has 2 aromatic carbocycles. The van der Waals surface area contributed by atoms with E-state index in [2.05, 4.69) is 65.2 Å². The maximum atomic E-state index is 13.1. The summed E-state index contributed by atoms with van der Waals surface area (Å²) in [6.45, 7) is 6.51. The van der Waals surface area contributed by atoms with Crippen molar-refractivity contribution in [3.05, 3.63) is 70.7 Å². The van der Waals surface area contributed by atoms with E-state index in [0.29, 0.717) is 12.6 Å². The highest BCUT2D eigenvalue weighted by molar-refractivity contribution is 7.09. The molecule has 7 heteroatoms. The van der Waals surface area contributed by atoms with Crippen molar-refractivity contribution in [3.8, 4) is 16.9 Å². The maximum Gasteiger partial charge on any atom is 0.260 e. The molecule has 0 unspecified atom stereocenters. The van der Waals surface area contributed by atoms with Crippen molar-refractivity contribution in [2.45, 2.75) is 57.7 Å². The molecule has 0 spiro atoms. The predicted octanol–water partition coefficient (Wildman–Crippen LogP) is 5.86. The lowest BCUT2D eigenvalue weighted by atomic mass is 9.94. The molecule has 1 aromatic heterocycles. The largest absolute Gasteiger partial charge is 0.483 e. The summed E-state index contributed by atoms with van der Waals surface area (Å²) in [6.07, 6.45) is 8.56. The van der Waals surface area contributed by atoms with Crippen molar-refractivity contribution < 1.29 is 9.53 Å². The average Bonchev–Trinajstić information content (AvgIpc) is 3.52. The Morgan fingerprint density at radius 3 is 2.53 bits per heavy atom. The number of hydrogen-bond acceptors (Lipinski definition) is 6. The van der Waals surface area contributed by atoms with Gasteiger partial charge in [0, 0.05) is 55.9 Å². The van der Waals surface area contributed by atoms with Crippen LogP contribution in [0.25, 0.3) is 11.1 Å². The highest BCUT2D eigenvalue weighted by Crippen LogP contribution is 2.30. The van der Waals surface area contributed by atoms with Gasteiger partial charge in [-0.2, -0.15) is 0 Å². The fourth-order valence-corrected chi connectivity index (χ4v) is 6.46. The van der Waals surface area contributed by atoms with E-state index in [4.69, 9.17) is 4.74 Å². The number of amides is 1. The number of aromatic nitrogens is 1. The quantitative estimate of drug-likeness (QED) is 0.346. The molecule has 1 atom stereocenters. The lowest BCUT2D eigenvalue weighted by molar-refractivity contribution is -0.135. The third kappa shape index (κ3) is 6.63. The van der Waals surface area contributed by atoms with Gasteiger partial charge in [-0.05, 0) is 50.1 Å². The van der Waals surface area contributed by atoms with E-state index in [1.54, 1.807) is 11.3 Å². The Morgan fingerprint density at radius 2 is 1.82 bits per heavy atom. The SMILES string of the molecule is C[C@@H](c1nccs1)N(C)Cc1cc(-c2ccccc2)ccc1OCC(=O)N1CCN(C2CCCCC2)CC1. The zero-order chi connectivity index (χ0) is 26.3. The molecule has 0 N–H and O–H groups in total. The molecule has 3 aromatic rings. The summed E-state index contributed by atoms with van der Waals surface area (Å²) in [6, 6.07) is 17.6. The minimum Gasteiger partial charge on any atom is -0.483 e. The Bertz CT molecular complexity index is 1160. The summed E-state index contributed by atoms with van der Waals surface area (Å²) < 4.78 is 6.21. The third-order valence-corrected chi connectivity index (χ3v) is 9.11. The number of nitrogens with zero attached hydrogens (tertiary/aromatic N) is 4. The monoisotopic (exact) mass is 532 g/mol. The van der Waals surface area contributed by atoms with Gasteiger partial charge in [0.05, 0.1) is 6.04 Å². The molecule has 2 aliphatic rings. The Morgan fingerprint density at radius 1 is 1.05 bits per heavy atom. The number of rotatable bonds is 9. The van der Waals surface area contributed by atoms with Gasteiger partial charge >= 0.3 is 0 Å². The Balaban J connectivity index is 1.24. The van der Waals surface area contributed by atoms with Gasteiger partial charge in [0.15, 0.2) is 6.61 Å². The number of thiazole rings is 1. The van der Waals surface area contributed by atoms with E-state index < -0.39 is 0 Å². The second kappa shape index (κ2) is 12.9. The molecule has 2 heterocycles. The lowest BCUT2D eigenvalue weighted by Gasteiger charge is -2.40. The number of carbonyl (C=O) groups excluding carboxylic acids is 1. The van der Waals surface area contributed by atoms with Gasteiger partial charge < -0.3 is 9.64 Å². The van der Waals surface area contributed by atoms with Gasteiger partial charge in [-0.3, -0.25) is 14.6 Å². The summed E-state index contributed by atoms with van der Waals surface area (Å²) in [5.41, 5.74) is 3.39. The number of hydrogen-bond donors (Lipinski definition) is 0. The molecule has 0 bridgehead atoms. The van der Waals surface area contributed by atoms with Crippen LogP contribution in [-0.4, -0.2) is 71.5 Å². The highest BCUT2D eigenvalue weighted by Gasteiger charge is 2.27. The summed E-state index contributed by atoms with van der Waals surface area (Å²) in [7, 11) is 2.11. The van der Waals surface area contributed by atoms with Gasteiger partial charge in [0.2, 0.25) is 0 Å². The topological polar surface area (TPSA) is 48.9 Å². The first-order valence-electron chi connectivity index (χ1n) is 14.0. The lowest BCUT2D eigenvalue weighted by Crippen LogP contribution is -2.53. The van der Waals surface area contributed by atoms with Gasteiger partial charge in [-0.1, -0.05) is 55.7 Å². The summed E-state index contributed by atoms with van der Waals surface area (Å²) in [5.74, 6) is 0.855. The van der Waals surface area contributed by atoms with E-state index in [-0.39, 0.29) is 18.6 Å². The molecule has 0 radical (unpaired) electrons. The number of ether oxygens (including phenoxy) is 1. The zero-order valence-electron chi connectivity index (χ0n) is 22.7. The fraction of sp³-hybridized carbons (Fsp3) is 0.484. The summed E-state index contributed by atoms with van der Waals surface area (Å²) in [4.78, 5) is 24.5. The van der Waals surface area contributed by atoms with E-state index in [9.17, 15) is 4.79 Å². The van der Waals surface area contributed by atoms with E-state index in [0.717, 1.165) is 48.1 Å². The van der Waals surface area contributed by atoms with Crippen molar-refractivity contribution in [2.75, 3.05) is 39.8 Å². The summed E-state index contributed by atoms with van der Waals surface area (Å²) >= 11 is 1.68. The number of benzene rings is 2. The van der Waals surface area contributed by atoms with Crippen LogP contribution in [0, 0.1) is 0 Å². The molecule has 6 nitrogen and oxygen atoms in total. The number of piperazine rings is 1. The molecule has 1 saturated carbocycles. The molecule has 5 rings (SSSR count). The smallest absolute Gasteiger partial charge is 0.260 e. The molecule has 38 heavy (non-hydrogen) atoms. The maximum absolute atomic E-state index is 13.1. The van der Waals surface area contributed by atoms with Gasteiger partial charge in [0.25, 0.3) is 5.91 Å². The third-order valence-electron chi connectivity index (χ3n) is 8.17. The molecular formula is C31H40N4O2S. The van der Waals surface area contributed by atoms with Crippen LogP contribution >= 0.6 is 11.3 Å². The van der Waals surface area contributed by atoms with Crippen LogP contribution < -0.4 is 4.74 Å². The van der Waals surface area contributed by atoms with E-state index in [1.165, 1.54) is 37.7 Å². The van der Waals surface area contributed by atoms with E-state index in [1.807, 2.05) is 28.6 Å². The van der Waals surface area contributed by atoms with Crippen molar-refractivity contribution in [1.82, 2.24) is 19.7 Å². The predicted molar refractivity (Wildman–Crippen MR) is 154 cm³/mol. The zero-order valence-corrected chi connectivity index (χ0v) is 23.5. The van der Waals surface area contributed by atoms with E-state index >= 15 is 0 Å². The van der Waals surface area contributed by atoms with Gasteiger partial charge in [-0.15, -0.1) is 11.3 Å².